The molecule has 0 aliphatic carbocycles. The van der Waals surface area contributed by atoms with Crippen molar-refractivity contribution in [2.24, 2.45) is 0 Å². The van der Waals surface area contributed by atoms with Crippen molar-refractivity contribution in [2.45, 2.75) is 26.4 Å². The van der Waals surface area contributed by atoms with Gasteiger partial charge in [-0.1, -0.05) is 12.0 Å². The van der Waals surface area contributed by atoms with Gasteiger partial charge in [0.25, 0.3) is 0 Å². The predicted molar refractivity (Wildman–Crippen MR) is 58.8 cm³/mol. The lowest BCUT2D eigenvalue weighted by molar-refractivity contribution is -0.121. The summed E-state index contributed by atoms with van der Waals surface area (Å²) in [5.41, 5.74) is 0. The van der Waals surface area contributed by atoms with E-state index in [4.69, 9.17) is 4.42 Å². The van der Waals surface area contributed by atoms with Gasteiger partial charge in [-0.05, 0) is 13.5 Å². The number of likely N-dealkylation sites (N-methyl/N-ethyl adjacent to an activating group) is 1. The molecule has 0 aliphatic rings. The summed E-state index contributed by atoms with van der Waals surface area (Å²) in [7, 11) is 1.57. The van der Waals surface area contributed by atoms with Gasteiger partial charge in [-0.2, -0.15) is 0 Å². The monoisotopic (exact) mass is 227 g/mol. The number of rotatable bonds is 6. The normalized spacial score (nSPS) is 12.2. The van der Waals surface area contributed by atoms with Crippen LogP contribution in [0.15, 0.2) is 4.42 Å². The first-order chi connectivity index (χ1) is 7.67. The largest absolute Gasteiger partial charge is 0.407 e. The number of hydrogen-bond donors (Lipinski definition) is 3. The van der Waals surface area contributed by atoms with E-state index < -0.39 is 6.04 Å². The van der Waals surface area contributed by atoms with Gasteiger partial charge in [0.15, 0.2) is 0 Å². The first kappa shape index (κ1) is 12.4. The first-order valence-corrected chi connectivity index (χ1v) is 5.18. The molecule has 1 aromatic heterocycles. The van der Waals surface area contributed by atoms with E-state index in [2.05, 4.69) is 26.1 Å². The summed E-state index contributed by atoms with van der Waals surface area (Å²) in [6, 6.07) is -0.151. The van der Waals surface area contributed by atoms with Gasteiger partial charge in [-0.15, -0.1) is 5.10 Å². The molecule has 0 aliphatic heterocycles. The predicted octanol–water partition coefficient (Wildman–Crippen LogP) is -0.274. The van der Waals surface area contributed by atoms with Crippen LogP contribution in [0.25, 0.3) is 0 Å². The van der Waals surface area contributed by atoms with Crippen LogP contribution in [-0.2, 0) is 11.3 Å². The Balaban J connectivity index is 2.48. The molecule has 1 unspecified atom stereocenters. The molecule has 1 amide bonds. The van der Waals surface area contributed by atoms with Gasteiger partial charge in [-0.25, -0.2) is 0 Å². The molecule has 1 heterocycles. The van der Waals surface area contributed by atoms with Gasteiger partial charge < -0.3 is 20.4 Å². The minimum absolute atomic E-state index is 0.133. The molecule has 16 heavy (non-hydrogen) atoms. The minimum Gasteiger partial charge on any atom is -0.407 e. The van der Waals surface area contributed by atoms with Crippen LogP contribution in [0.2, 0.25) is 0 Å². The van der Waals surface area contributed by atoms with E-state index in [0.717, 1.165) is 6.54 Å². The molecule has 90 valence electrons. The van der Waals surface area contributed by atoms with Crippen molar-refractivity contribution in [3.63, 3.8) is 0 Å². The van der Waals surface area contributed by atoms with E-state index in [-0.39, 0.29) is 11.9 Å². The molecule has 7 heteroatoms. The summed E-state index contributed by atoms with van der Waals surface area (Å²) in [6.07, 6.45) is 0. The van der Waals surface area contributed by atoms with E-state index in [9.17, 15) is 4.79 Å². The topological polar surface area (TPSA) is 92.1 Å². The molecule has 1 rings (SSSR count). The Morgan fingerprint density at radius 3 is 2.88 bits per heavy atom. The highest BCUT2D eigenvalue weighted by atomic mass is 16.4. The van der Waals surface area contributed by atoms with Crippen molar-refractivity contribution in [2.75, 3.05) is 18.9 Å². The van der Waals surface area contributed by atoms with Crippen LogP contribution < -0.4 is 16.0 Å². The van der Waals surface area contributed by atoms with E-state index in [1.807, 2.05) is 6.92 Å². The number of anilines is 1. The minimum atomic E-state index is -0.405. The fraction of sp³-hybridized carbons (Fsp3) is 0.667. The van der Waals surface area contributed by atoms with Gasteiger partial charge in [0.2, 0.25) is 11.8 Å². The summed E-state index contributed by atoms with van der Waals surface area (Å²) in [6.45, 7) is 5.06. The molecular formula is C9H17N5O2. The van der Waals surface area contributed by atoms with Crippen molar-refractivity contribution in [3.05, 3.63) is 5.89 Å². The quantitative estimate of drug-likeness (QED) is 0.619. The Labute approximate surface area is 94.0 Å². The van der Waals surface area contributed by atoms with Gasteiger partial charge >= 0.3 is 6.01 Å². The number of nitrogens with zero attached hydrogens (tertiary/aromatic N) is 2. The molecule has 0 saturated carbocycles. The fourth-order valence-electron chi connectivity index (χ4n) is 1.08. The van der Waals surface area contributed by atoms with Crippen LogP contribution >= 0.6 is 0 Å². The number of hydrogen-bond acceptors (Lipinski definition) is 6. The Morgan fingerprint density at radius 1 is 1.50 bits per heavy atom. The van der Waals surface area contributed by atoms with E-state index >= 15 is 0 Å². The third-order valence-electron chi connectivity index (χ3n) is 1.97. The highest BCUT2D eigenvalue weighted by Gasteiger charge is 2.14. The Kier molecular flexibility index (Phi) is 4.71. The van der Waals surface area contributed by atoms with Gasteiger partial charge in [-0.3, -0.25) is 4.79 Å². The highest BCUT2D eigenvalue weighted by molar-refractivity contribution is 5.83. The molecule has 3 N–H and O–H groups in total. The second-order valence-electron chi connectivity index (χ2n) is 3.26. The zero-order valence-corrected chi connectivity index (χ0v) is 9.70. The maximum atomic E-state index is 11.2. The second-order valence-corrected chi connectivity index (χ2v) is 3.26. The standard InChI is InChI=1S/C9H17N5O2/c1-4-11-5-7-13-14-9(16-7)12-6(2)8(15)10-3/h6,11H,4-5H2,1-3H3,(H,10,15)(H,12,14). The van der Waals surface area contributed by atoms with Crippen LogP contribution in [0.3, 0.4) is 0 Å². The average Bonchev–Trinajstić information content (AvgIpc) is 2.72. The van der Waals surface area contributed by atoms with Gasteiger partial charge in [0.1, 0.15) is 6.04 Å². The van der Waals surface area contributed by atoms with Crippen molar-refractivity contribution in [1.82, 2.24) is 20.8 Å². The van der Waals surface area contributed by atoms with E-state index in [1.165, 1.54) is 0 Å². The molecule has 7 nitrogen and oxygen atoms in total. The smallest absolute Gasteiger partial charge is 0.316 e. The SMILES string of the molecule is CCNCc1nnc(NC(C)C(=O)NC)o1. The number of nitrogens with one attached hydrogen (secondary N) is 3. The molecule has 0 saturated heterocycles. The summed E-state index contributed by atoms with van der Waals surface area (Å²) in [5.74, 6) is 0.361. The van der Waals surface area contributed by atoms with Crippen molar-refractivity contribution >= 4 is 11.9 Å². The Morgan fingerprint density at radius 2 is 2.25 bits per heavy atom. The number of carbonyl (C=O) groups excluding carboxylic acids is 1. The average molecular weight is 227 g/mol. The zero-order chi connectivity index (χ0) is 12.0. The van der Waals surface area contributed by atoms with E-state index in [0.29, 0.717) is 12.4 Å². The number of aromatic nitrogens is 2. The Bertz CT molecular complexity index is 338. The molecule has 0 bridgehead atoms. The van der Waals surface area contributed by atoms with Crippen molar-refractivity contribution < 1.29 is 9.21 Å². The van der Waals surface area contributed by atoms with Crippen LogP contribution in [-0.4, -0.2) is 35.7 Å². The van der Waals surface area contributed by atoms with Gasteiger partial charge in [0.05, 0.1) is 6.54 Å². The van der Waals surface area contributed by atoms with Gasteiger partial charge in [0, 0.05) is 7.05 Å². The molecular weight excluding hydrogens is 210 g/mol. The van der Waals surface area contributed by atoms with Crippen LogP contribution in [0, 0.1) is 0 Å². The van der Waals surface area contributed by atoms with Crippen molar-refractivity contribution in [3.8, 4) is 0 Å². The summed E-state index contributed by atoms with van der Waals surface area (Å²) in [4.78, 5) is 11.2. The summed E-state index contributed by atoms with van der Waals surface area (Å²) < 4.78 is 5.28. The summed E-state index contributed by atoms with van der Waals surface area (Å²) in [5, 5.41) is 16.0. The zero-order valence-electron chi connectivity index (χ0n) is 9.70. The molecule has 1 atom stereocenters. The third kappa shape index (κ3) is 3.50. The van der Waals surface area contributed by atoms with Crippen LogP contribution in [0.4, 0.5) is 6.01 Å². The molecule has 0 spiro atoms. The maximum Gasteiger partial charge on any atom is 0.316 e. The summed E-state index contributed by atoms with van der Waals surface area (Å²) >= 11 is 0. The van der Waals surface area contributed by atoms with Crippen LogP contribution in [0.1, 0.15) is 19.7 Å². The van der Waals surface area contributed by atoms with Crippen LogP contribution in [0.5, 0.6) is 0 Å². The van der Waals surface area contributed by atoms with Crippen molar-refractivity contribution in [1.29, 1.82) is 0 Å². The second kappa shape index (κ2) is 6.06. The lowest BCUT2D eigenvalue weighted by Gasteiger charge is -2.08. The molecule has 0 radical (unpaired) electrons. The third-order valence-corrected chi connectivity index (χ3v) is 1.97. The number of amides is 1. The molecule has 1 aromatic rings. The molecule has 0 fully saturated rings. The molecule has 0 aromatic carbocycles. The first-order valence-electron chi connectivity index (χ1n) is 5.18. The fourth-order valence-corrected chi connectivity index (χ4v) is 1.08. The highest BCUT2D eigenvalue weighted by Crippen LogP contribution is 2.06. The lowest BCUT2D eigenvalue weighted by atomic mass is 10.3. The number of carbonyl (C=O) groups is 1. The Hall–Kier alpha value is -1.63. The maximum absolute atomic E-state index is 11.2. The lowest BCUT2D eigenvalue weighted by Crippen LogP contribution is -2.35. The van der Waals surface area contributed by atoms with E-state index in [1.54, 1.807) is 14.0 Å².